The van der Waals surface area contributed by atoms with Gasteiger partial charge in [-0.05, 0) is 19.3 Å². The van der Waals surface area contributed by atoms with E-state index in [1.807, 2.05) is 19.9 Å². The highest BCUT2D eigenvalue weighted by atomic mass is 17.2. The van der Waals surface area contributed by atoms with Gasteiger partial charge >= 0.3 is 0 Å². The first-order chi connectivity index (χ1) is 7.24. The zero-order valence-electron chi connectivity index (χ0n) is 9.84. The van der Waals surface area contributed by atoms with Gasteiger partial charge in [0.2, 0.25) is 5.91 Å². The number of amides is 1. The molecule has 4 heteroatoms. The molecular weight excluding hydrogens is 194 g/mol. The molecule has 0 aromatic carbocycles. The van der Waals surface area contributed by atoms with Gasteiger partial charge in [0.1, 0.15) is 0 Å². The van der Waals surface area contributed by atoms with Crippen LogP contribution in [0.4, 0.5) is 0 Å². The van der Waals surface area contributed by atoms with Gasteiger partial charge in [-0.3, -0.25) is 4.79 Å². The molecule has 4 nitrogen and oxygen atoms in total. The molecule has 0 rings (SSSR count). The second-order valence-electron chi connectivity index (χ2n) is 3.13. The van der Waals surface area contributed by atoms with Crippen LogP contribution in [0.25, 0.3) is 0 Å². The van der Waals surface area contributed by atoms with Crippen molar-refractivity contribution in [2.45, 2.75) is 39.5 Å². The van der Waals surface area contributed by atoms with Crippen LogP contribution in [-0.4, -0.2) is 19.6 Å². The number of rotatable bonds is 8. The molecule has 0 aliphatic rings. The maximum Gasteiger partial charge on any atom is 0.224 e. The van der Waals surface area contributed by atoms with Gasteiger partial charge in [-0.1, -0.05) is 19.9 Å². The maximum atomic E-state index is 11.4. The van der Waals surface area contributed by atoms with E-state index >= 15 is 0 Å². The maximum absolute atomic E-state index is 11.4. The molecule has 0 bridgehead atoms. The van der Waals surface area contributed by atoms with Gasteiger partial charge < -0.3 is 5.32 Å². The van der Waals surface area contributed by atoms with Gasteiger partial charge in [-0.2, -0.15) is 0 Å². The highest BCUT2D eigenvalue weighted by Crippen LogP contribution is 1.99. The summed E-state index contributed by atoms with van der Waals surface area (Å²) in [5.41, 5.74) is 0.996. The minimum atomic E-state index is 0.0382. The van der Waals surface area contributed by atoms with Crippen LogP contribution in [-0.2, 0) is 14.6 Å². The minimum Gasteiger partial charge on any atom is -0.330 e. The molecule has 0 heterocycles. The predicted molar refractivity (Wildman–Crippen MR) is 59.0 cm³/mol. The summed E-state index contributed by atoms with van der Waals surface area (Å²) in [5, 5.41) is 2.87. The fourth-order valence-electron chi connectivity index (χ4n) is 1.15. The molecule has 0 aromatic heterocycles. The summed E-state index contributed by atoms with van der Waals surface area (Å²) in [4.78, 5) is 20.5. The minimum absolute atomic E-state index is 0.0382. The summed E-state index contributed by atoms with van der Waals surface area (Å²) < 4.78 is 0. The van der Waals surface area contributed by atoms with Crippen molar-refractivity contribution in [1.82, 2.24) is 5.32 Å². The Labute approximate surface area is 91.6 Å². The van der Waals surface area contributed by atoms with E-state index in [0.29, 0.717) is 19.4 Å². The topological polar surface area (TPSA) is 47.6 Å². The summed E-state index contributed by atoms with van der Waals surface area (Å²) >= 11 is 0. The molecule has 0 atom stereocenters. The Balaban J connectivity index is 3.67. The Bertz CT molecular complexity index is 202. The van der Waals surface area contributed by atoms with Crippen molar-refractivity contribution < 1.29 is 14.6 Å². The third-order valence-electron chi connectivity index (χ3n) is 1.88. The van der Waals surface area contributed by atoms with Gasteiger partial charge in [0.25, 0.3) is 0 Å². The molecule has 0 saturated heterocycles. The number of carbonyl (C=O) groups excluding carboxylic acids is 1. The van der Waals surface area contributed by atoms with E-state index in [0.717, 1.165) is 18.5 Å². The lowest BCUT2D eigenvalue weighted by Gasteiger charge is -2.07. The van der Waals surface area contributed by atoms with Crippen molar-refractivity contribution in [1.29, 1.82) is 0 Å². The normalized spacial score (nSPS) is 11.5. The monoisotopic (exact) mass is 215 g/mol. The molecule has 0 radical (unpaired) electrons. The van der Waals surface area contributed by atoms with Gasteiger partial charge in [0.15, 0.2) is 0 Å². The molecule has 0 fully saturated rings. The largest absolute Gasteiger partial charge is 0.330 e. The Morgan fingerprint density at radius 3 is 2.67 bits per heavy atom. The zero-order valence-corrected chi connectivity index (χ0v) is 9.84. The van der Waals surface area contributed by atoms with Crippen molar-refractivity contribution in [3.63, 3.8) is 0 Å². The number of hydrogen-bond donors (Lipinski definition) is 1. The summed E-state index contributed by atoms with van der Waals surface area (Å²) in [6.07, 6.45) is 4.96. The number of hydrogen-bond acceptors (Lipinski definition) is 3. The molecule has 88 valence electrons. The fourth-order valence-corrected chi connectivity index (χ4v) is 1.15. The summed E-state index contributed by atoms with van der Waals surface area (Å²) in [5.74, 6) is 0.0382. The lowest BCUT2D eigenvalue weighted by Crippen LogP contribution is -2.22. The van der Waals surface area contributed by atoms with E-state index in [-0.39, 0.29) is 5.91 Å². The zero-order chi connectivity index (χ0) is 11.5. The van der Waals surface area contributed by atoms with Crippen molar-refractivity contribution in [2.24, 2.45) is 0 Å². The van der Waals surface area contributed by atoms with Crippen LogP contribution in [0.1, 0.15) is 39.5 Å². The molecule has 0 spiro atoms. The highest BCUT2D eigenvalue weighted by Gasteiger charge is 2.02. The molecule has 0 aliphatic carbocycles. The Morgan fingerprint density at radius 1 is 1.40 bits per heavy atom. The quantitative estimate of drug-likeness (QED) is 0.383. The SMILES string of the molecule is CC/C=C(\CC)NC(=O)CCCOOC. The Kier molecular flexibility index (Phi) is 9.11. The van der Waals surface area contributed by atoms with Gasteiger partial charge in [-0.25, -0.2) is 9.78 Å². The van der Waals surface area contributed by atoms with Crippen LogP contribution in [0.5, 0.6) is 0 Å². The lowest BCUT2D eigenvalue weighted by atomic mass is 10.2. The van der Waals surface area contributed by atoms with Crippen molar-refractivity contribution in [2.75, 3.05) is 13.7 Å². The molecule has 15 heavy (non-hydrogen) atoms. The number of carbonyl (C=O) groups is 1. The van der Waals surface area contributed by atoms with Crippen LogP contribution in [0.2, 0.25) is 0 Å². The van der Waals surface area contributed by atoms with E-state index in [1.165, 1.54) is 7.11 Å². The summed E-state index contributed by atoms with van der Waals surface area (Å²) in [6, 6.07) is 0. The summed E-state index contributed by atoms with van der Waals surface area (Å²) in [6.45, 7) is 4.52. The Hall–Kier alpha value is -0.870. The second-order valence-corrected chi connectivity index (χ2v) is 3.13. The van der Waals surface area contributed by atoms with Crippen LogP contribution in [0.3, 0.4) is 0 Å². The van der Waals surface area contributed by atoms with E-state index < -0.39 is 0 Å². The van der Waals surface area contributed by atoms with Crippen molar-refractivity contribution in [3.05, 3.63) is 11.8 Å². The number of nitrogens with one attached hydrogen (secondary N) is 1. The first kappa shape index (κ1) is 14.1. The third-order valence-corrected chi connectivity index (χ3v) is 1.88. The van der Waals surface area contributed by atoms with Gasteiger partial charge in [0.05, 0.1) is 13.7 Å². The van der Waals surface area contributed by atoms with Crippen molar-refractivity contribution in [3.8, 4) is 0 Å². The second kappa shape index (κ2) is 9.68. The molecule has 0 unspecified atom stereocenters. The molecular formula is C11H21NO3. The van der Waals surface area contributed by atoms with E-state index in [4.69, 9.17) is 0 Å². The lowest BCUT2D eigenvalue weighted by molar-refractivity contribution is -0.272. The van der Waals surface area contributed by atoms with E-state index in [1.54, 1.807) is 0 Å². The smallest absolute Gasteiger partial charge is 0.224 e. The first-order valence-corrected chi connectivity index (χ1v) is 5.39. The van der Waals surface area contributed by atoms with Crippen LogP contribution >= 0.6 is 0 Å². The molecule has 0 saturated carbocycles. The number of allylic oxidation sites excluding steroid dienone is 2. The van der Waals surface area contributed by atoms with Crippen LogP contribution in [0.15, 0.2) is 11.8 Å². The van der Waals surface area contributed by atoms with Crippen molar-refractivity contribution >= 4 is 5.91 Å². The summed E-state index contributed by atoms with van der Waals surface area (Å²) in [7, 11) is 1.46. The standard InChI is InChI=1S/C11H21NO3/c1-4-7-10(5-2)12-11(13)8-6-9-15-14-3/h7H,4-6,8-9H2,1-3H3,(H,12,13)/b10-7+. The average Bonchev–Trinajstić information content (AvgIpc) is 2.24. The molecule has 1 amide bonds. The molecule has 0 aliphatic heterocycles. The molecule has 0 aromatic rings. The van der Waals surface area contributed by atoms with E-state index in [9.17, 15) is 4.79 Å². The van der Waals surface area contributed by atoms with Crippen LogP contribution < -0.4 is 5.32 Å². The van der Waals surface area contributed by atoms with Crippen LogP contribution in [0, 0.1) is 0 Å². The average molecular weight is 215 g/mol. The first-order valence-electron chi connectivity index (χ1n) is 5.39. The third kappa shape index (κ3) is 8.15. The predicted octanol–water partition coefficient (Wildman–Crippen LogP) is 2.16. The van der Waals surface area contributed by atoms with E-state index in [2.05, 4.69) is 15.1 Å². The Morgan fingerprint density at radius 2 is 2.13 bits per heavy atom. The van der Waals surface area contributed by atoms with Gasteiger partial charge in [-0.15, -0.1) is 0 Å². The van der Waals surface area contributed by atoms with Gasteiger partial charge in [0, 0.05) is 12.1 Å². The highest BCUT2D eigenvalue weighted by molar-refractivity contribution is 5.77. The molecule has 1 N–H and O–H groups in total. The fraction of sp³-hybridized carbons (Fsp3) is 0.727.